The molecule has 0 saturated heterocycles. The minimum atomic E-state index is -1.15. The highest BCUT2D eigenvalue weighted by molar-refractivity contribution is 5.95. The lowest BCUT2D eigenvalue weighted by Crippen LogP contribution is -2.34. The van der Waals surface area contributed by atoms with E-state index in [1.54, 1.807) is 48.5 Å². The van der Waals surface area contributed by atoms with Crippen LogP contribution >= 0.6 is 0 Å². The normalized spacial score (nSPS) is 11.4. The van der Waals surface area contributed by atoms with E-state index in [0.717, 1.165) is 0 Å². The Morgan fingerprint density at radius 1 is 1.12 bits per heavy atom. The van der Waals surface area contributed by atoms with Crippen molar-refractivity contribution >= 4 is 17.7 Å². The molecule has 6 heteroatoms. The third-order valence-electron chi connectivity index (χ3n) is 3.72. The van der Waals surface area contributed by atoms with Crippen LogP contribution in [0, 0.1) is 0 Å². The van der Waals surface area contributed by atoms with E-state index in [-0.39, 0.29) is 12.2 Å². The van der Waals surface area contributed by atoms with Crippen LogP contribution < -0.4 is 10.1 Å². The molecule has 0 aliphatic heterocycles. The summed E-state index contributed by atoms with van der Waals surface area (Å²) in [5.74, 6) is -1.29. The Morgan fingerprint density at radius 3 is 2.36 bits per heavy atom. The van der Waals surface area contributed by atoms with Gasteiger partial charge in [-0.2, -0.15) is 0 Å². The first-order valence-electron chi connectivity index (χ1n) is 7.67. The first kappa shape index (κ1) is 18.2. The number of carbonyl (C=O) groups is 3. The second kappa shape index (κ2) is 8.10. The molecule has 0 fully saturated rings. The predicted molar refractivity (Wildman–Crippen MR) is 91.7 cm³/mol. The summed E-state index contributed by atoms with van der Waals surface area (Å²) in [5.41, 5.74) is 1.46. The van der Waals surface area contributed by atoms with Crippen molar-refractivity contribution in [1.82, 2.24) is 5.32 Å². The molecule has 130 valence electrons. The number of carboxylic acid groups (broad SMARTS) is 1. The fraction of sp³-hybridized carbons (Fsp3) is 0.211. The van der Waals surface area contributed by atoms with Gasteiger partial charge >= 0.3 is 5.97 Å². The number of ketones is 1. The highest BCUT2D eigenvalue weighted by Gasteiger charge is 2.22. The monoisotopic (exact) mass is 341 g/mol. The Balaban J connectivity index is 2.20. The number of hydrogen-bond acceptors (Lipinski definition) is 4. The standard InChI is InChI=1S/C19H19NO5/c1-12(21)14-8-9-16(25-2)15(10-14)11-17(22)20-18(19(23)24)13-6-4-3-5-7-13/h3-10,18H,11H2,1-2H3,(H,20,22)(H,23,24)/t18-/m0/s1. The van der Waals surface area contributed by atoms with E-state index in [9.17, 15) is 19.5 Å². The summed E-state index contributed by atoms with van der Waals surface area (Å²) >= 11 is 0. The molecule has 1 amide bonds. The third-order valence-corrected chi connectivity index (χ3v) is 3.72. The molecule has 2 N–H and O–H groups in total. The Labute approximate surface area is 145 Å². The Kier molecular flexibility index (Phi) is 5.89. The summed E-state index contributed by atoms with van der Waals surface area (Å²) in [6, 6.07) is 12.1. The van der Waals surface area contributed by atoms with Crippen LogP contribution in [0.3, 0.4) is 0 Å². The number of amides is 1. The van der Waals surface area contributed by atoms with Crippen LogP contribution in [-0.2, 0) is 16.0 Å². The van der Waals surface area contributed by atoms with Gasteiger partial charge in [0.2, 0.25) is 5.91 Å². The zero-order valence-electron chi connectivity index (χ0n) is 14.0. The van der Waals surface area contributed by atoms with Gasteiger partial charge in [0.25, 0.3) is 0 Å². The smallest absolute Gasteiger partial charge is 0.330 e. The Bertz CT molecular complexity index is 786. The van der Waals surface area contributed by atoms with Crippen molar-refractivity contribution in [3.05, 3.63) is 65.2 Å². The maximum Gasteiger partial charge on any atom is 0.330 e. The third kappa shape index (κ3) is 4.67. The van der Waals surface area contributed by atoms with Crippen molar-refractivity contribution in [2.75, 3.05) is 7.11 Å². The molecule has 2 aromatic rings. The second-order valence-corrected chi connectivity index (χ2v) is 5.51. The molecule has 0 aromatic heterocycles. The molecule has 0 spiro atoms. The minimum Gasteiger partial charge on any atom is -0.496 e. The molecule has 2 rings (SSSR count). The van der Waals surface area contributed by atoms with Gasteiger partial charge in [-0.3, -0.25) is 9.59 Å². The maximum absolute atomic E-state index is 12.3. The van der Waals surface area contributed by atoms with Gasteiger partial charge in [0.15, 0.2) is 11.8 Å². The second-order valence-electron chi connectivity index (χ2n) is 5.51. The molecule has 0 aliphatic carbocycles. The van der Waals surface area contributed by atoms with Gasteiger partial charge in [-0.05, 0) is 30.7 Å². The number of benzene rings is 2. The summed E-state index contributed by atoms with van der Waals surface area (Å²) in [6.07, 6.45) is -0.0963. The summed E-state index contributed by atoms with van der Waals surface area (Å²) in [5, 5.41) is 11.9. The van der Waals surface area contributed by atoms with Gasteiger partial charge in [-0.1, -0.05) is 30.3 Å². The van der Waals surface area contributed by atoms with Gasteiger partial charge in [0, 0.05) is 11.1 Å². The van der Waals surface area contributed by atoms with Crippen LogP contribution in [0.25, 0.3) is 0 Å². The number of Topliss-reactive ketones (excluding diaryl/α,β-unsaturated/α-hetero) is 1. The van der Waals surface area contributed by atoms with Crippen LogP contribution in [0.5, 0.6) is 5.75 Å². The van der Waals surface area contributed by atoms with Gasteiger partial charge in [0.1, 0.15) is 5.75 Å². The number of rotatable bonds is 7. The Hall–Kier alpha value is -3.15. The SMILES string of the molecule is COc1ccc(C(C)=O)cc1CC(=O)N[C@H](C(=O)O)c1ccccc1. The average molecular weight is 341 g/mol. The van der Waals surface area contributed by atoms with E-state index in [2.05, 4.69) is 5.32 Å². The summed E-state index contributed by atoms with van der Waals surface area (Å²) in [6.45, 7) is 1.43. The minimum absolute atomic E-state index is 0.0963. The van der Waals surface area contributed by atoms with Crippen molar-refractivity contribution in [3.8, 4) is 5.75 Å². The highest BCUT2D eigenvalue weighted by atomic mass is 16.5. The van der Waals surface area contributed by atoms with E-state index in [1.165, 1.54) is 14.0 Å². The van der Waals surface area contributed by atoms with Gasteiger partial charge in [-0.25, -0.2) is 4.79 Å². The van der Waals surface area contributed by atoms with E-state index in [0.29, 0.717) is 22.4 Å². The van der Waals surface area contributed by atoms with Crippen molar-refractivity contribution in [2.45, 2.75) is 19.4 Å². The Morgan fingerprint density at radius 2 is 1.80 bits per heavy atom. The number of nitrogens with one attached hydrogen (secondary N) is 1. The molecular weight excluding hydrogens is 322 g/mol. The fourth-order valence-electron chi connectivity index (χ4n) is 2.45. The molecule has 6 nitrogen and oxygen atoms in total. The van der Waals surface area contributed by atoms with E-state index in [1.807, 2.05) is 0 Å². The first-order chi connectivity index (χ1) is 11.9. The number of aliphatic carboxylic acids is 1. The lowest BCUT2D eigenvalue weighted by Gasteiger charge is -2.16. The molecule has 0 heterocycles. The quantitative estimate of drug-likeness (QED) is 0.754. The zero-order valence-corrected chi connectivity index (χ0v) is 14.0. The summed E-state index contributed by atoms with van der Waals surface area (Å²) < 4.78 is 5.21. The lowest BCUT2D eigenvalue weighted by molar-refractivity contribution is -0.141. The molecule has 25 heavy (non-hydrogen) atoms. The average Bonchev–Trinajstić information content (AvgIpc) is 2.60. The van der Waals surface area contributed by atoms with Crippen LogP contribution in [0.1, 0.15) is 34.5 Å². The number of hydrogen-bond donors (Lipinski definition) is 2. The lowest BCUT2D eigenvalue weighted by atomic mass is 10.0. The molecule has 1 atom stereocenters. The number of carbonyl (C=O) groups excluding carboxylic acids is 2. The molecule has 0 aliphatic rings. The van der Waals surface area contributed by atoms with Crippen LogP contribution in [0.2, 0.25) is 0 Å². The molecule has 0 unspecified atom stereocenters. The van der Waals surface area contributed by atoms with Gasteiger partial charge in [0.05, 0.1) is 13.5 Å². The van der Waals surface area contributed by atoms with Crippen molar-refractivity contribution < 1.29 is 24.2 Å². The fourth-order valence-corrected chi connectivity index (χ4v) is 2.45. The topological polar surface area (TPSA) is 92.7 Å². The van der Waals surface area contributed by atoms with Crippen LogP contribution in [0.4, 0.5) is 0 Å². The van der Waals surface area contributed by atoms with Crippen LogP contribution in [-0.4, -0.2) is 29.9 Å². The first-order valence-corrected chi connectivity index (χ1v) is 7.67. The van der Waals surface area contributed by atoms with Crippen molar-refractivity contribution in [3.63, 3.8) is 0 Å². The van der Waals surface area contributed by atoms with Crippen molar-refractivity contribution in [1.29, 1.82) is 0 Å². The number of ether oxygens (including phenoxy) is 1. The number of methoxy groups -OCH3 is 1. The van der Waals surface area contributed by atoms with E-state index >= 15 is 0 Å². The van der Waals surface area contributed by atoms with Gasteiger partial charge < -0.3 is 15.2 Å². The molecule has 0 saturated carbocycles. The molecule has 0 bridgehead atoms. The molecule has 2 aromatic carbocycles. The largest absolute Gasteiger partial charge is 0.496 e. The van der Waals surface area contributed by atoms with Crippen LogP contribution in [0.15, 0.2) is 48.5 Å². The maximum atomic E-state index is 12.3. The number of carboxylic acids is 1. The summed E-state index contributed by atoms with van der Waals surface area (Å²) in [4.78, 5) is 35.3. The van der Waals surface area contributed by atoms with Crippen molar-refractivity contribution in [2.24, 2.45) is 0 Å². The van der Waals surface area contributed by atoms with E-state index < -0.39 is 17.9 Å². The highest BCUT2D eigenvalue weighted by Crippen LogP contribution is 2.21. The van der Waals surface area contributed by atoms with Gasteiger partial charge in [-0.15, -0.1) is 0 Å². The molecular formula is C19H19NO5. The molecule has 0 radical (unpaired) electrons. The summed E-state index contributed by atoms with van der Waals surface area (Å²) in [7, 11) is 1.47. The van der Waals surface area contributed by atoms with E-state index in [4.69, 9.17) is 4.74 Å². The zero-order chi connectivity index (χ0) is 18.4. The predicted octanol–water partition coefficient (Wildman–Crippen LogP) is 2.38.